The van der Waals surface area contributed by atoms with Gasteiger partial charge in [0.25, 0.3) is 0 Å². The van der Waals surface area contributed by atoms with Gasteiger partial charge in [-0.25, -0.2) is 4.99 Å². The Labute approximate surface area is 69.7 Å². The average Bonchev–Trinajstić information content (AvgIpc) is 2.34. The normalized spacial score (nSPS) is 24.7. The minimum Gasteiger partial charge on any atom is -0.250 e. The zero-order chi connectivity index (χ0) is 6.97. The van der Waals surface area contributed by atoms with Gasteiger partial charge in [0.15, 0.2) is 0 Å². The number of halogens is 1. The van der Waals surface area contributed by atoms with Crippen LogP contribution in [0.2, 0.25) is 0 Å². The van der Waals surface area contributed by atoms with Gasteiger partial charge in [-0.05, 0) is 26.9 Å². The monoisotopic (exact) mass is 215 g/mol. The van der Waals surface area contributed by atoms with Crippen molar-refractivity contribution >= 4 is 35.4 Å². The number of thiol groups is 1. The maximum atomic E-state index is 4.24. The third kappa shape index (κ3) is 0.896. The summed E-state index contributed by atoms with van der Waals surface area (Å²) in [6.07, 6.45) is 0. The molecule has 1 heterocycles. The van der Waals surface area contributed by atoms with Crippen LogP contribution >= 0.6 is 24.1 Å². The van der Waals surface area contributed by atoms with Crippen molar-refractivity contribution in [3.05, 3.63) is 24.3 Å². The van der Waals surface area contributed by atoms with E-state index < -0.39 is 0 Å². The molecule has 52 valence electrons. The molecule has 1 aromatic carbocycles. The largest absolute Gasteiger partial charge is 0.250 e. The first-order chi connectivity index (χ1) is 4.88. The molecule has 1 aliphatic rings. The summed E-state index contributed by atoms with van der Waals surface area (Å²) in [6, 6.07) is 8.21. The highest BCUT2D eigenvalue weighted by atomic mass is 79.9. The number of hydrogen-bond donors (Lipinski definition) is 1. The highest BCUT2D eigenvalue weighted by Crippen LogP contribution is 2.50. The Bertz CT molecular complexity index is 285. The molecule has 10 heavy (non-hydrogen) atoms. The van der Waals surface area contributed by atoms with E-state index in [9.17, 15) is 0 Å². The molecule has 1 atom stereocenters. The zero-order valence-corrected chi connectivity index (χ0v) is 7.64. The van der Waals surface area contributed by atoms with Gasteiger partial charge >= 0.3 is 0 Å². The summed E-state index contributed by atoms with van der Waals surface area (Å²) in [7, 11) is -0.260. The molecule has 0 saturated carbocycles. The third-order valence-electron chi connectivity index (χ3n) is 1.41. The maximum Gasteiger partial charge on any atom is 0.0765 e. The molecule has 0 amide bonds. The van der Waals surface area contributed by atoms with Crippen LogP contribution in [0.4, 0.5) is 5.69 Å². The molecule has 1 unspecified atom stereocenters. The Morgan fingerprint density at radius 1 is 1.30 bits per heavy atom. The van der Waals surface area contributed by atoms with Gasteiger partial charge in [0, 0.05) is 4.90 Å². The standard InChI is InChI=1S/C7H6BrNS/c8-10-5-9-6-3-1-2-4-7(6)10/h1-5,10H. The fourth-order valence-corrected chi connectivity index (χ4v) is 3.03. The molecule has 1 nitrogen and oxygen atoms in total. The molecule has 0 bridgehead atoms. The lowest BCUT2D eigenvalue weighted by atomic mass is 10.3. The topological polar surface area (TPSA) is 12.4 Å². The van der Waals surface area contributed by atoms with E-state index in [1.165, 1.54) is 4.90 Å². The summed E-state index contributed by atoms with van der Waals surface area (Å²) in [4.78, 5) is 5.57. The van der Waals surface area contributed by atoms with E-state index in [2.05, 4.69) is 25.9 Å². The molecule has 0 spiro atoms. The predicted molar refractivity (Wildman–Crippen MR) is 50.8 cm³/mol. The smallest absolute Gasteiger partial charge is 0.0765 e. The van der Waals surface area contributed by atoms with E-state index in [0.717, 1.165) is 5.69 Å². The van der Waals surface area contributed by atoms with Crippen LogP contribution in [0.25, 0.3) is 0 Å². The van der Waals surface area contributed by atoms with Gasteiger partial charge in [-0.15, -0.1) is 9.33 Å². The number of rotatable bonds is 0. The number of nitrogens with zero attached hydrogens (tertiary/aromatic N) is 1. The summed E-state index contributed by atoms with van der Waals surface area (Å²) < 4.78 is 0. The van der Waals surface area contributed by atoms with Gasteiger partial charge in [-0.2, -0.15) is 0 Å². The van der Waals surface area contributed by atoms with E-state index in [0.29, 0.717) is 0 Å². The van der Waals surface area contributed by atoms with Crippen LogP contribution in [0.1, 0.15) is 0 Å². The Morgan fingerprint density at radius 3 is 2.90 bits per heavy atom. The lowest BCUT2D eigenvalue weighted by molar-refractivity contribution is 1.41. The number of fused-ring (bicyclic) bond motifs is 1. The van der Waals surface area contributed by atoms with E-state index in [1.807, 2.05) is 23.7 Å². The van der Waals surface area contributed by atoms with Crippen LogP contribution in [-0.4, -0.2) is 5.55 Å². The zero-order valence-electron chi connectivity index (χ0n) is 5.16. The second kappa shape index (κ2) is 2.40. The van der Waals surface area contributed by atoms with Gasteiger partial charge in [-0.1, -0.05) is 12.1 Å². The van der Waals surface area contributed by atoms with Crippen LogP contribution in [0.15, 0.2) is 34.2 Å². The van der Waals surface area contributed by atoms with Crippen LogP contribution in [0, 0.1) is 0 Å². The Morgan fingerprint density at radius 2 is 2.10 bits per heavy atom. The van der Waals surface area contributed by atoms with Crippen molar-refractivity contribution in [1.29, 1.82) is 0 Å². The second-order valence-corrected chi connectivity index (χ2v) is 5.67. The van der Waals surface area contributed by atoms with Crippen LogP contribution in [0.3, 0.4) is 0 Å². The van der Waals surface area contributed by atoms with Crippen molar-refractivity contribution in [2.24, 2.45) is 4.99 Å². The van der Waals surface area contributed by atoms with Crippen molar-refractivity contribution in [1.82, 2.24) is 0 Å². The quantitative estimate of drug-likeness (QED) is 0.640. The lowest BCUT2D eigenvalue weighted by Crippen LogP contribution is -1.66. The second-order valence-electron chi connectivity index (χ2n) is 2.04. The van der Waals surface area contributed by atoms with Crippen LogP contribution in [-0.2, 0) is 0 Å². The van der Waals surface area contributed by atoms with E-state index in [4.69, 9.17) is 0 Å². The Kier molecular flexibility index (Phi) is 1.54. The average molecular weight is 216 g/mol. The first kappa shape index (κ1) is 6.43. The van der Waals surface area contributed by atoms with Crippen molar-refractivity contribution in [3.8, 4) is 0 Å². The number of benzene rings is 1. The van der Waals surface area contributed by atoms with Gasteiger partial charge < -0.3 is 0 Å². The molecule has 0 N–H and O–H groups in total. The first-order valence-electron chi connectivity index (χ1n) is 2.96. The first-order valence-corrected chi connectivity index (χ1v) is 6.39. The Hall–Kier alpha value is -0.280. The summed E-state index contributed by atoms with van der Waals surface area (Å²) in [5.74, 6) is 0. The highest BCUT2D eigenvalue weighted by Gasteiger charge is 2.10. The van der Waals surface area contributed by atoms with Gasteiger partial charge in [0.1, 0.15) is 0 Å². The molecule has 0 fully saturated rings. The Balaban J connectivity index is 2.59. The van der Waals surface area contributed by atoms with Crippen molar-refractivity contribution in [2.45, 2.75) is 4.90 Å². The van der Waals surface area contributed by atoms with Crippen LogP contribution < -0.4 is 0 Å². The number of hydrogen-bond acceptors (Lipinski definition) is 1. The molecule has 2 rings (SSSR count). The molecule has 0 aliphatic carbocycles. The summed E-state index contributed by atoms with van der Waals surface area (Å²) in [6.45, 7) is 0. The minimum absolute atomic E-state index is 0.260. The molecular weight excluding hydrogens is 210 g/mol. The highest BCUT2D eigenvalue weighted by molar-refractivity contribution is 9.56. The summed E-state index contributed by atoms with van der Waals surface area (Å²) in [5.41, 5.74) is 3.09. The van der Waals surface area contributed by atoms with E-state index >= 15 is 0 Å². The summed E-state index contributed by atoms with van der Waals surface area (Å²) >= 11 is 3.55. The molecule has 0 saturated heterocycles. The SMILES string of the molecule is Br[SH]1C=Nc2ccccc21. The third-order valence-corrected chi connectivity index (χ3v) is 4.26. The molecule has 1 aromatic rings. The van der Waals surface area contributed by atoms with E-state index in [1.54, 1.807) is 0 Å². The number of aliphatic imine (C=N–C) groups is 1. The molecular formula is C7H6BrNS. The van der Waals surface area contributed by atoms with Gasteiger partial charge in [-0.3, -0.25) is 0 Å². The van der Waals surface area contributed by atoms with Crippen LogP contribution in [0.5, 0.6) is 0 Å². The molecule has 3 heteroatoms. The van der Waals surface area contributed by atoms with Crippen molar-refractivity contribution < 1.29 is 0 Å². The van der Waals surface area contributed by atoms with E-state index in [-0.39, 0.29) is 9.33 Å². The van der Waals surface area contributed by atoms with Gasteiger partial charge in [0.05, 0.1) is 11.2 Å². The molecule has 0 aromatic heterocycles. The number of para-hydroxylation sites is 1. The van der Waals surface area contributed by atoms with Crippen molar-refractivity contribution in [2.75, 3.05) is 0 Å². The van der Waals surface area contributed by atoms with Crippen molar-refractivity contribution in [3.63, 3.8) is 0 Å². The fourth-order valence-electron chi connectivity index (χ4n) is 0.929. The predicted octanol–water partition coefficient (Wildman–Crippen LogP) is 3.03. The molecule has 1 aliphatic heterocycles. The maximum absolute atomic E-state index is 4.24. The minimum atomic E-state index is -0.260. The van der Waals surface area contributed by atoms with Gasteiger partial charge in [0.2, 0.25) is 0 Å². The fraction of sp³-hybridized carbons (Fsp3) is 0. The lowest BCUT2D eigenvalue weighted by Gasteiger charge is -2.01. The molecule has 0 radical (unpaired) electrons. The summed E-state index contributed by atoms with van der Waals surface area (Å²) in [5, 5.41) is 0.